The van der Waals surface area contributed by atoms with E-state index in [9.17, 15) is 0 Å². The van der Waals surface area contributed by atoms with E-state index in [2.05, 4.69) is 25.3 Å². The summed E-state index contributed by atoms with van der Waals surface area (Å²) in [6.45, 7) is 0.717. The molecule has 0 spiro atoms. The van der Waals surface area contributed by atoms with Gasteiger partial charge in [0.25, 0.3) is 0 Å². The minimum atomic E-state index is 0.194. The van der Waals surface area contributed by atoms with Gasteiger partial charge in [0.1, 0.15) is 0 Å². The number of hydrogen-bond acceptors (Lipinski definition) is 1. The van der Waals surface area contributed by atoms with E-state index >= 15 is 0 Å². The molecule has 0 radical (unpaired) electrons. The van der Waals surface area contributed by atoms with Crippen molar-refractivity contribution in [3.05, 3.63) is 29.8 Å². The molecule has 0 bridgehead atoms. The maximum absolute atomic E-state index is 5.41. The number of halogens is 2. The Kier molecular flexibility index (Phi) is 9.29. The molecule has 0 aromatic heterocycles. The van der Waals surface area contributed by atoms with Crippen LogP contribution in [0.25, 0.3) is 0 Å². The zero-order chi connectivity index (χ0) is 10.1. The van der Waals surface area contributed by atoms with Crippen molar-refractivity contribution in [1.82, 2.24) is 0 Å². The fraction of sp³-hybridized carbons (Fsp3) is 0.333. The van der Waals surface area contributed by atoms with Crippen molar-refractivity contribution in [3.63, 3.8) is 0 Å². The van der Waals surface area contributed by atoms with Gasteiger partial charge in [0, 0.05) is 0 Å². The monoisotopic (exact) mass is 310 g/mol. The third-order valence-corrected chi connectivity index (χ3v) is 2.10. The van der Waals surface area contributed by atoms with Gasteiger partial charge in [-0.2, -0.15) is 0 Å². The quantitative estimate of drug-likeness (QED) is 0.654. The summed E-state index contributed by atoms with van der Waals surface area (Å²) in [7, 11) is 0. The van der Waals surface area contributed by atoms with Gasteiger partial charge in [-0.15, -0.1) is 23.2 Å². The van der Waals surface area contributed by atoms with Crippen LogP contribution < -0.4 is 9.77 Å². The molecular weight excluding hydrogens is 299 g/mol. The van der Waals surface area contributed by atoms with Gasteiger partial charge in [-0.1, -0.05) is 0 Å². The molecule has 13 heavy (non-hydrogen) atoms. The Bertz CT molecular complexity index is 231. The van der Waals surface area contributed by atoms with Crippen LogP contribution in [0.3, 0.4) is 0 Å². The second-order valence-corrected chi connectivity index (χ2v) is 3.84. The van der Waals surface area contributed by atoms with Gasteiger partial charge in [0.15, 0.2) is 0 Å². The van der Waals surface area contributed by atoms with E-state index in [0.717, 1.165) is 6.42 Å². The van der Waals surface area contributed by atoms with Gasteiger partial charge in [-0.25, -0.2) is 0 Å². The number of rotatable bonds is 2. The van der Waals surface area contributed by atoms with Gasteiger partial charge in [-0.05, 0) is 0 Å². The van der Waals surface area contributed by atoms with Gasteiger partial charge >= 0.3 is 71.8 Å². The molecule has 1 nitrogen and oxygen atoms in total. The molecule has 0 heterocycles. The first-order valence-electron chi connectivity index (χ1n) is 3.78. The molecule has 0 aliphatic heterocycles. The van der Waals surface area contributed by atoms with Gasteiger partial charge in [0.2, 0.25) is 0 Å². The fourth-order valence-electron chi connectivity index (χ4n) is 0.838. The predicted octanol–water partition coefficient (Wildman–Crippen LogP) is 1.78. The molecule has 0 unspecified atom stereocenters. The number of benzene rings is 1. The first-order chi connectivity index (χ1) is 6.26. The summed E-state index contributed by atoms with van der Waals surface area (Å²) >= 11 is 12.7. The van der Waals surface area contributed by atoms with Crippen LogP contribution in [-0.4, -0.2) is 11.9 Å². The Morgan fingerprint density at radius 1 is 1.23 bits per heavy atom. The summed E-state index contributed by atoms with van der Waals surface area (Å²) < 4.78 is 1.19. The second-order valence-electron chi connectivity index (χ2n) is 2.20. The molecule has 2 N–H and O–H groups in total. The molecule has 0 saturated heterocycles. The van der Waals surface area contributed by atoms with E-state index in [4.69, 9.17) is 28.9 Å². The summed E-state index contributed by atoms with van der Waals surface area (Å²) in [5.74, 6) is 0. The van der Waals surface area contributed by atoms with Crippen molar-refractivity contribution in [3.8, 4) is 0 Å². The van der Waals surface area contributed by atoms with E-state index in [1.165, 1.54) is 9.60 Å². The molecule has 4 heteroatoms. The van der Waals surface area contributed by atoms with Crippen LogP contribution >= 0.6 is 23.2 Å². The van der Waals surface area contributed by atoms with Crippen molar-refractivity contribution in [1.29, 1.82) is 0 Å². The first kappa shape index (κ1) is 13.4. The van der Waals surface area contributed by atoms with Crippen LogP contribution in [0.15, 0.2) is 24.3 Å². The molecule has 0 saturated carbocycles. The zero-order valence-electron chi connectivity index (χ0n) is 7.08. The van der Waals surface area contributed by atoms with Gasteiger partial charge in [-0.3, -0.25) is 0 Å². The molecule has 1 rings (SSSR count). The SMILES string of the molecule is ClCCl.NCCc1cccc[c]1[Pd]. The van der Waals surface area contributed by atoms with Crippen LogP contribution in [0, 0.1) is 0 Å². The van der Waals surface area contributed by atoms with Crippen molar-refractivity contribution in [2.45, 2.75) is 6.42 Å². The zero-order valence-corrected chi connectivity index (χ0v) is 10.1. The van der Waals surface area contributed by atoms with Crippen LogP contribution in [-0.2, 0) is 25.6 Å². The average molecular weight is 312 g/mol. The molecule has 1 aromatic rings. The van der Waals surface area contributed by atoms with Crippen molar-refractivity contribution in [2.75, 3.05) is 11.9 Å². The molecule has 1 aromatic carbocycles. The van der Waals surface area contributed by atoms with E-state index in [-0.39, 0.29) is 5.34 Å². The summed E-state index contributed by atoms with van der Waals surface area (Å²) in [6, 6.07) is 8.18. The summed E-state index contributed by atoms with van der Waals surface area (Å²) in [5, 5.41) is 0.194. The molecule has 0 aliphatic rings. The van der Waals surface area contributed by atoms with E-state index in [1.54, 1.807) is 0 Å². The third kappa shape index (κ3) is 6.49. The Balaban J connectivity index is 0.000000424. The van der Waals surface area contributed by atoms with E-state index in [0.29, 0.717) is 6.54 Å². The number of alkyl halides is 2. The topological polar surface area (TPSA) is 26.0 Å². The van der Waals surface area contributed by atoms with Crippen LogP contribution in [0.4, 0.5) is 0 Å². The van der Waals surface area contributed by atoms with Crippen molar-refractivity contribution in [2.24, 2.45) is 5.73 Å². The standard InChI is InChI=1S/C8H10N.CH2Cl2.Pd/c9-7-6-8-4-2-1-3-5-8;2-1-3;/h1-4H,6-7,9H2;1H2;. The normalized spacial score (nSPS) is 9.00. The minimum absolute atomic E-state index is 0.194. The first-order valence-corrected chi connectivity index (χ1v) is 5.63. The molecule has 0 atom stereocenters. The average Bonchev–Trinajstić information content (AvgIpc) is 2.11. The summed E-state index contributed by atoms with van der Waals surface area (Å²) in [6.07, 6.45) is 0.955. The Morgan fingerprint density at radius 2 is 1.77 bits per heavy atom. The molecular formula is C9H12Cl2NPd. The fourth-order valence-corrected chi connectivity index (χ4v) is 1.31. The van der Waals surface area contributed by atoms with Crippen molar-refractivity contribution < 1.29 is 19.2 Å². The second kappa shape index (κ2) is 9.00. The predicted molar refractivity (Wildman–Crippen MR) is 55.4 cm³/mol. The van der Waals surface area contributed by atoms with Gasteiger partial charge in [0.05, 0.1) is 5.34 Å². The van der Waals surface area contributed by atoms with E-state index in [1.807, 2.05) is 18.2 Å². The molecule has 0 aliphatic carbocycles. The molecule has 0 fully saturated rings. The summed E-state index contributed by atoms with van der Waals surface area (Å²) in [5.41, 5.74) is 6.71. The Labute approximate surface area is 100 Å². The third-order valence-electron chi connectivity index (χ3n) is 1.34. The Morgan fingerprint density at radius 3 is 2.23 bits per heavy atom. The van der Waals surface area contributed by atoms with E-state index < -0.39 is 0 Å². The Hall–Kier alpha value is 0.422. The molecule has 0 amide bonds. The summed E-state index contributed by atoms with van der Waals surface area (Å²) in [4.78, 5) is 0. The molecule has 77 valence electrons. The van der Waals surface area contributed by atoms with Crippen LogP contribution in [0.2, 0.25) is 0 Å². The van der Waals surface area contributed by atoms with Crippen LogP contribution in [0.5, 0.6) is 0 Å². The number of hydrogen-bond donors (Lipinski definition) is 1. The number of nitrogens with two attached hydrogens (primary N) is 1. The maximum atomic E-state index is 5.41. The van der Waals surface area contributed by atoms with Crippen LogP contribution in [0.1, 0.15) is 5.56 Å². The van der Waals surface area contributed by atoms with Crippen molar-refractivity contribution >= 4 is 27.2 Å². The van der Waals surface area contributed by atoms with Gasteiger partial charge < -0.3 is 0 Å².